The van der Waals surface area contributed by atoms with Gasteiger partial charge in [0.15, 0.2) is 11.5 Å². The third kappa shape index (κ3) is 3.25. The van der Waals surface area contributed by atoms with Crippen LogP contribution in [0.2, 0.25) is 0 Å². The van der Waals surface area contributed by atoms with Crippen molar-refractivity contribution in [1.82, 2.24) is 4.90 Å². The second-order valence-electron chi connectivity index (χ2n) is 6.41. The van der Waals surface area contributed by atoms with Crippen molar-refractivity contribution in [1.29, 1.82) is 0 Å². The summed E-state index contributed by atoms with van der Waals surface area (Å²) in [5, 5.41) is 6.38. The van der Waals surface area contributed by atoms with Crippen LogP contribution in [0.1, 0.15) is 12.5 Å². The summed E-state index contributed by atoms with van der Waals surface area (Å²) in [6.45, 7) is 2.86. The van der Waals surface area contributed by atoms with Gasteiger partial charge in [-0.2, -0.15) is 0 Å². The molecule has 5 nitrogen and oxygen atoms in total. The highest BCUT2D eigenvalue weighted by atomic mass is 32.1. The van der Waals surface area contributed by atoms with E-state index in [1.54, 1.807) is 17.4 Å². The normalized spacial score (nSPS) is 14.0. The number of likely N-dealkylation sites (N-methyl/N-ethyl adjacent to an activating group) is 1. The van der Waals surface area contributed by atoms with Gasteiger partial charge in [-0.3, -0.25) is 9.69 Å². The van der Waals surface area contributed by atoms with Crippen molar-refractivity contribution in [2.75, 3.05) is 19.2 Å². The molecule has 3 aromatic rings. The molecule has 1 aromatic heterocycles. The van der Waals surface area contributed by atoms with Crippen molar-refractivity contribution in [3.63, 3.8) is 0 Å². The van der Waals surface area contributed by atoms with Crippen molar-refractivity contribution in [2.24, 2.45) is 0 Å². The second-order valence-corrected chi connectivity index (χ2v) is 7.32. The van der Waals surface area contributed by atoms with E-state index in [-0.39, 0.29) is 18.7 Å². The summed E-state index contributed by atoms with van der Waals surface area (Å²) in [5.41, 5.74) is 1.95. The predicted octanol–water partition coefficient (Wildman–Crippen LogP) is 4.09. The van der Waals surface area contributed by atoms with Gasteiger partial charge in [0.25, 0.3) is 0 Å². The lowest BCUT2D eigenvalue weighted by molar-refractivity contribution is -0.120. The molecule has 4 rings (SSSR count). The molecular formula is C20H20N2O3S. The maximum atomic E-state index is 12.6. The van der Waals surface area contributed by atoms with E-state index in [4.69, 9.17) is 9.47 Å². The Balaban J connectivity index is 1.43. The minimum absolute atomic E-state index is 0.0501. The zero-order valence-electron chi connectivity index (χ0n) is 14.7. The molecule has 1 aliphatic heterocycles. The van der Waals surface area contributed by atoms with E-state index in [1.807, 2.05) is 38.2 Å². The van der Waals surface area contributed by atoms with Crippen LogP contribution in [0.4, 0.5) is 5.69 Å². The van der Waals surface area contributed by atoms with Gasteiger partial charge >= 0.3 is 0 Å². The van der Waals surface area contributed by atoms with E-state index in [1.165, 1.54) is 15.6 Å². The van der Waals surface area contributed by atoms with Gasteiger partial charge in [-0.1, -0.05) is 18.2 Å². The monoisotopic (exact) mass is 368 g/mol. The van der Waals surface area contributed by atoms with Crippen molar-refractivity contribution in [2.45, 2.75) is 19.5 Å². The van der Waals surface area contributed by atoms with Gasteiger partial charge < -0.3 is 14.8 Å². The topological polar surface area (TPSA) is 50.8 Å². The number of carbonyl (C=O) groups is 1. The van der Waals surface area contributed by atoms with Crippen LogP contribution < -0.4 is 14.8 Å². The molecule has 1 unspecified atom stereocenters. The fraction of sp³-hybridized carbons (Fsp3) is 0.250. The Morgan fingerprint density at radius 1 is 1.23 bits per heavy atom. The predicted molar refractivity (Wildman–Crippen MR) is 104 cm³/mol. The summed E-state index contributed by atoms with van der Waals surface area (Å²) in [7, 11) is 1.97. The van der Waals surface area contributed by atoms with E-state index in [0.29, 0.717) is 17.2 Å². The average molecular weight is 368 g/mol. The summed E-state index contributed by atoms with van der Waals surface area (Å²) in [6.07, 6.45) is 0. The molecule has 2 aromatic carbocycles. The van der Waals surface area contributed by atoms with Gasteiger partial charge in [0.05, 0.1) is 6.04 Å². The summed E-state index contributed by atoms with van der Waals surface area (Å²) < 4.78 is 11.9. The number of ether oxygens (including phenoxy) is 2. The summed E-state index contributed by atoms with van der Waals surface area (Å²) in [4.78, 5) is 14.7. The fourth-order valence-corrected chi connectivity index (χ4v) is 3.94. The lowest BCUT2D eigenvalue weighted by atomic mass is 10.1. The van der Waals surface area contributed by atoms with Crippen molar-refractivity contribution in [3.05, 3.63) is 53.4 Å². The molecule has 134 valence electrons. The minimum atomic E-state index is -0.265. The number of hydrogen-bond donors (Lipinski definition) is 1. The maximum Gasteiger partial charge on any atom is 0.241 e. The van der Waals surface area contributed by atoms with Crippen LogP contribution in [0.15, 0.2) is 47.8 Å². The lowest BCUT2D eigenvalue weighted by Gasteiger charge is -2.23. The number of anilines is 1. The standard InChI is InChI=1S/C20H20N2O3S/c1-13(20(23)21-15-7-8-17-18(9-15)25-12-24-17)22(2)10-14-11-26-19-6-4-3-5-16(14)19/h3-9,11,13H,10,12H2,1-2H3,(H,21,23). The van der Waals surface area contributed by atoms with Crippen LogP contribution in [0, 0.1) is 0 Å². The molecule has 0 radical (unpaired) electrons. The van der Waals surface area contributed by atoms with Crippen LogP contribution >= 0.6 is 11.3 Å². The largest absolute Gasteiger partial charge is 0.454 e. The Bertz CT molecular complexity index is 953. The Morgan fingerprint density at radius 2 is 2.04 bits per heavy atom. The quantitative estimate of drug-likeness (QED) is 0.737. The van der Waals surface area contributed by atoms with Crippen LogP contribution in [0.3, 0.4) is 0 Å². The Hall–Kier alpha value is -2.57. The number of rotatable bonds is 5. The van der Waals surface area contributed by atoms with Gasteiger partial charge in [0.1, 0.15) is 0 Å². The third-order valence-corrected chi connectivity index (χ3v) is 5.67. The highest BCUT2D eigenvalue weighted by Crippen LogP contribution is 2.34. The molecule has 0 saturated heterocycles. The first-order chi connectivity index (χ1) is 12.6. The maximum absolute atomic E-state index is 12.6. The van der Waals surface area contributed by atoms with Crippen LogP contribution in [-0.2, 0) is 11.3 Å². The molecule has 1 atom stereocenters. The molecule has 0 bridgehead atoms. The van der Waals surface area contributed by atoms with Crippen molar-refractivity contribution in [3.8, 4) is 11.5 Å². The highest BCUT2D eigenvalue weighted by Gasteiger charge is 2.20. The number of fused-ring (bicyclic) bond motifs is 2. The van der Waals surface area contributed by atoms with E-state index in [9.17, 15) is 4.79 Å². The first-order valence-electron chi connectivity index (χ1n) is 8.47. The second kappa shape index (κ2) is 6.97. The number of carbonyl (C=O) groups excluding carboxylic acids is 1. The van der Waals surface area contributed by atoms with Gasteiger partial charge in [0, 0.05) is 23.0 Å². The molecule has 0 saturated carbocycles. The highest BCUT2D eigenvalue weighted by molar-refractivity contribution is 7.17. The molecule has 0 spiro atoms. The van der Waals surface area contributed by atoms with E-state index in [0.717, 1.165) is 6.54 Å². The molecule has 1 N–H and O–H groups in total. The lowest BCUT2D eigenvalue weighted by Crippen LogP contribution is -2.39. The first-order valence-corrected chi connectivity index (χ1v) is 9.35. The summed E-state index contributed by atoms with van der Waals surface area (Å²) >= 11 is 1.74. The summed E-state index contributed by atoms with van der Waals surface area (Å²) in [6, 6.07) is 13.5. The van der Waals surface area contributed by atoms with E-state index < -0.39 is 0 Å². The molecule has 1 aliphatic rings. The molecule has 0 fully saturated rings. The smallest absolute Gasteiger partial charge is 0.241 e. The Kier molecular flexibility index (Phi) is 4.53. The average Bonchev–Trinajstić information content (AvgIpc) is 3.27. The third-order valence-electron chi connectivity index (χ3n) is 4.66. The van der Waals surface area contributed by atoms with Gasteiger partial charge in [-0.25, -0.2) is 0 Å². The number of hydrogen-bond acceptors (Lipinski definition) is 5. The zero-order chi connectivity index (χ0) is 18.1. The number of benzene rings is 2. The number of thiophene rings is 1. The molecule has 2 heterocycles. The van der Waals surface area contributed by atoms with Crippen LogP contribution in [0.5, 0.6) is 11.5 Å². The van der Waals surface area contributed by atoms with Crippen LogP contribution in [0.25, 0.3) is 10.1 Å². The number of amides is 1. The van der Waals surface area contributed by atoms with Crippen molar-refractivity contribution < 1.29 is 14.3 Å². The molecule has 1 amide bonds. The minimum Gasteiger partial charge on any atom is -0.454 e. The van der Waals surface area contributed by atoms with Crippen molar-refractivity contribution >= 4 is 33.0 Å². The van der Waals surface area contributed by atoms with Gasteiger partial charge in [-0.15, -0.1) is 11.3 Å². The van der Waals surface area contributed by atoms with Gasteiger partial charge in [0.2, 0.25) is 12.7 Å². The van der Waals surface area contributed by atoms with Crippen LogP contribution in [-0.4, -0.2) is 30.7 Å². The Labute approximate surface area is 156 Å². The summed E-state index contributed by atoms with van der Waals surface area (Å²) in [5.74, 6) is 1.32. The molecule has 26 heavy (non-hydrogen) atoms. The molecular weight excluding hydrogens is 348 g/mol. The van der Waals surface area contributed by atoms with Gasteiger partial charge in [-0.05, 0) is 48.5 Å². The zero-order valence-corrected chi connectivity index (χ0v) is 15.5. The molecule has 0 aliphatic carbocycles. The number of nitrogens with one attached hydrogen (secondary N) is 1. The Morgan fingerprint density at radius 3 is 2.92 bits per heavy atom. The van der Waals surface area contributed by atoms with E-state index >= 15 is 0 Å². The molecule has 6 heteroatoms. The fourth-order valence-electron chi connectivity index (χ4n) is 2.98. The number of nitrogens with zero attached hydrogens (tertiary/aromatic N) is 1. The van der Waals surface area contributed by atoms with E-state index in [2.05, 4.69) is 27.7 Å². The SMILES string of the molecule is CC(C(=O)Nc1ccc2c(c1)OCO2)N(C)Cc1csc2ccccc12. The first kappa shape index (κ1) is 16.9.